The van der Waals surface area contributed by atoms with Gasteiger partial charge in [0.15, 0.2) is 0 Å². The van der Waals surface area contributed by atoms with Gasteiger partial charge in [-0.3, -0.25) is 9.59 Å². The number of aromatic nitrogens is 1. The Kier molecular flexibility index (Phi) is 4.33. The number of hydrogen-bond acceptors (Lipinski definition) is 2. The van der Waals surface area contributed by atoms with Crippen LogP contribution in [-0.4, -0.2) is 35.8 Å². The number of carbonyl (C=O) groups is 2. The maximum Gasteiger partial charge on any atom is 0.256 e. The summed E-state index contributed by atoms with van der Waals surface area (Å²) in [5.41, 5.74) is 3.18. The van der Waals surface area contributed by atoms with Gasteiger partial charge in [-0.2, -0.15) is 0 Å². The van der Waals surface area contributed by atoms with E-state index >= 15 is 0 Å². The van der Waals surface area contributed by atoms with Gasteiger partial charge < -0.3 is 15.2 Å². The first kappa shape index (κ1) is 15.8. The Balaban J connectivity index is 1.75. The number of aromatic amines is 1. The molecule has 0 saturated heterocycles. The number of hydrogen-bond donors (Lipinski definition) is 2. The zero-order valence-electron chi connectivity index (χ0n) is 13.7. The maximum atomic E-state index is 12.7. The Morgan fingerprint density at radius 3 is 2.50 bits per heavy atom. The van der Waals surface area contributed by atoms with Crippen molar-refractivity contribution in [3.63, 3.8) is 0 Å². The fraction of sp³-hybridized carbons (Fsp3) is 0.158. The van der Waals surface area contributed by atoms with Gasteiger partial charge in [0.2, 0.25) is 0 Å². The maximum absolute atomic E-state index is 12.7. The second kappa shape index (κ2) is 6.58. The standard InChI is InChI=1S/C19H19N3O2/c1-20-18(23)14-9-7-13(8-10-14)12-22(2)19(24)16-11-21-17-6-4-3-5-15(16)17/h3-11,21H,12H2,1-2H3,(H,20,23). The topological polar surface area (TPSA) is 65.2 Å². The molecule has 122 valence electrons. The molecule has 2 aromatic carbocycles. The lowest BCUT2D eigenvalue weighted by molar-refractivity contribution is 0.0786. The zero-order valence-corrected chi connectivity index (χ0v) is 13.7. The average Bonchev–Trinajstić information content (AvgIpc) is 3.05. The number of para-hydroxylation sites is 1. The molecule has 3 aromatic rings. The highest BCUT2D eigenvalue weighted by molar-refractivity contribution is 6.06. The minimum absolute atomic E-state index is 0.0390. The van der Waals surface area contributed by atoms with Gasteiger partial charge in [0.25, 0.3) is 11.8 Å². The van der Waals surface area contributed by atoms with Crippen LogP contribution >= 0.6 is 0 Å². The van der Waals surface area contributed by atoms with Crippen LogP contribution in [0.4, 0.5) is 0 Å². The van der Waals surface area contributed by atoms with Crippen molar-refractivity contribution in [2.24, 2.45) is 0 Å². The molecule has 2 amide bonds. The number of carbonyl (C=O) groups excluding carboxylic acids is 2. The van der Waals surface area contributed by atoms with E-state index in [-0.39, 0.29) is 11.8 Å². The second-order valence-corrected chi connectivity index (χ2v) is 5.69. The molecule has 0 bridgehead atoms. The molecule has 1 heterocycles. The summed E-state index contributed by atoms with van der Waals surface area (Å²) in [5, 5.41) is 3.51. The highest BCUT2D eigenvalue weighted by Gasteiger charge is 2.16. The number of rotatable bonds is 4. The van der Waals surface area contributed by atoms with E-state index < -0.39 is 0 Å². The minimum atomic E-state index is -0.121. The predicted octanol–water partition coefficient (Wildman–Crippen LogP) is 2.80. The fourth-order valence-electron chi connectivity index (χ4n) is 2.71. The molecular formula is C19H19N3O2. The van der Waals surface area contributed by atoms with Crippen LogP contribution in [0.1, 0.15) is 26.3 Å². The van der Waals surface area contributed by atoms with Gasteiger partial charge in [0.1, 0.15) is 0 Å². The quantitative estimate of drug-likeness (QED) is 0.776. The minimum Gasteiger partial charge on any atom is -0.360 e. The Bertz CT molecular complexity index is 881. The number of amides is 2. The van der Waals surface area contributed by atoms with Crippen molar-refractivity contribution in [3.05, 3.63) is 71.4 Å². The molecule has 0 radical (unpaired) electrons. The highest BCUT2D eigenvalue weighted by Crippen LogP contribution is 2.19. The Hall–Kier alpha value is -3.08. The first-order chi connectivity index (χ1) is 11.6. The summed E-state index contributed by atoms with van der Waals surface area (Å²) in [6, 6.07) is 15.0. The number of fused-ring (bicyclic) bond motifs is 1. The van der Waals surface area contributed by atoms with E-state index in [0.717, 1.165) is 16.5 Å². The van der Waals surface area contributed by atoms with Crippen LogP contribution in [0, 0.1) is 0 Å². The van der Waals surface area contributed by atoms with E-state index in [2.05, 4.69) is 10.3 Å². The van der Waals surface area contributed by atoms with Crippen LogP contribution in [0.15, 0.2) is 54.7 Å². The van der Waals surface area contributed by atoms with Crippen molar-refractivity contribution in [1.29, 1.82) is 0 Å². The van der Waals surface area contributed by atoms with E-state index in [4.69, 9.17) is 0 Å². The van der Waals surface area contributed by atoms with E-state index in [1.165, 1.54) is 0 Å². The predicted molar refractivity (Wildman–Crippen MR) is 93.9 cm³/mol. The summed E-state index contributed by atoms with van der Waals surface area (Å²) in [4.78, 5) is 29.0. The van der Waals surface area contributed by atoms with Crippen molar-refractivity contribution in [3.8, 4) is 0 Å². The van der Waals surface area contributed by atoms with Gasteiger partial charge in [0, 0.05) is 43.3 Å². The van der Waals surface area contributed by atoms with Crippen LogP contribution in [-0.2, 0) is 6.54 Å². The molecule has 0 aliphatic rings. The fourth-order valence-corrected chi connectivity index (χ4v) is 2.71. The van der Waals surface area contributed by atoms with Crippen LogP contribution in [0.2, 0.25) is 0 Å². The molecule has 0 aliphatic carbocycles. The molecule has 3 rings (SSSR count). The monoisotopic (exact) mass is 321 g/mol. The number of nitrogens with zero attached hydrogens (tertiary/aromatic N) is 1. The number of H-pyrrole nitrogens is 1. The van der Waals surface area contributed by atoms with Gasteiger partial charge in [-0.05, 0) is 23.8 Å². The normalized spacial score (nSPS) is 10.6. The van der Waals surface area contributed by atoms with Crippen LogP contribution in [0.25, 0.3) is 10.9 Å². The van der Waals surface area contributed by atoms with Crippen molar-refractivity contribution in [1.82, 2.24) is 15.2 Å². The lowest BCUT2D eigenvalue weighted by Gasteiger charge is -2.17. The molecule has 0 aliphatic heterocycles. The lowest BCUT2D eigenvalue weighted by atomic mass is 10.1. The summed E-state index contributed by atoms with van der Waals surface area (Å²) in [7, 11) is 3.38. The highest BCUT2D eigenvalue weighted by atomic mass is 16.2. The smallest absolute Gasteiger partial charge is 0.256 e. The van der Waals surface area contributed by atoms with E-state index in [1.807, 2.05) is 36.4 Å². The molecule has 0 unspecified atom stereocenters. The Morgan fingerprint density at radius 2 is 1.79 bits per heavy atom. The first-order valence-electron chi connectivity index (χ1n) is 7.72. The van der Waals surface area contributed by atoms with Crippen molar-refractivity contribution >= 4 is 22.7 Å². The molecule has 5 nitrogen and oxygen atoms in total. The van der Waals surface area contributed by atoms with Gasteiger partial charge in [-0.1, -0.05) is 30.3 Å². The summed E-state index contributed by atoms with van der Waals surface area (Å²) in [6.45, 7) is 0.479. The third-order valence-electron chi connectivity index (χ3n) is 4.03. The molecule has 5 heteroatoms. The summed E-state index contributed by atoms with van der Waals surface area (Å²) >= 11 is 0. The summed E-state index contributed by atoms with van der Waals surface area (Å²) < 4.78 is 0. The van der Waals surface area contributed by atoms with Gasteiger partial charge in [0.05, 0.1) is 5.56 Å². The molecule has 1 aromatic heterocycles. The molecule has 0 spiro atoms. The SMILES string of the molecule is CNC(=O)c1ccc(CN(C)C(=O)c2c[nH]c3ccccc23)cc1. The van der Waals surface area contributed by atoms with Gasteiger partial charge in [-0.15, -0.1) is 0 Å². The van der Waals surface area contributed by atoms with Crippen LogP contribution < -0.4 is 5.32 Å². The largest absolute Gasteiger partial charge is 0.360 e. The third kappa shape index (κ3) is 3.01. The summed E-state index contributed by atoms with van der Waals surface area (Å²) in [6.07, 6.45) is 1.75. The molecule has 0 saturated carbocycles. The van der Waals surface area contributed by atoms with E-state index in [0.29, 0.717) is 17.7 Å². The zero-order chi connectivity index (χ0) is 17.1. The molecule has 0 fully saturated rings. The first-order valence-corrected chi connectivity index (χ1v) is 7.72. The number of nitrogens with one attached hydrogen (secondary N) is 2. The van der Waals surface area contributed by atoms with Crippen LogP contribution in [0.5, 0.6) is 0 Å². The molecule has 0 atom stereocenters. The number of benzene rings is 2. The van der Waals surface area contributed by atoms with Crippen LogP contribution in [0.3, 0.4) is 0 Å². The average molecular weight is 321 g/mol. The molecule has 24 heavy (non-hydrogen) atoms. The van der Waals surface area contributed by atoms with Crippen molar-refractivity contribution in [2.45, 2.75) is 6.54 Å². The molecular weight excluding hydrogens is 302 g/mol. The van der Waals surface area contributed by atoms with Crippen molar-refractivity contribution < 1.29 is 9.59 Å². The van der Waals surface area contributed by atoms with Gasteiger partial charge in [-0.25, -0.2) is 0 Å². The molecule has 2 N–H and O–H groups in total. The van der Waals surface area contributed by atoms with Gasteiger partial charge >= 0.3 is 0 Å². The van der Waals surface area contributed by atoms with Crippen molar-refractivity contribution in [2.75, 3.05) is 14.1 Å². The Morgan fingerprint density at radius 1 is 1.08 bits per heavy atom. The third-order valence-corrected chi connectivity index (χ3v) is 4.03. The second-order valence-electron chi connectivity index (χ2n) is 5.69. The van der Waals surface area contributed by atoms with E-state index in [1.54, 1.807) is 37.3 Å². The summed E-state index contributed by atoms with van der Waals surface area (Å²) in [5.74, 6) is -0.160. The van der Waals surface area contributed by atoms with E-state index in [9.17, 15) is 9.59 Å². The Labute approximate surface area is 140 Å². The lowest BCUT2D eigenvalue weighted by Crippen LogP contribution is -2.26.